The molecule has 2 N–H and O–H groups in total. The summed E-state index contributed by atoms with van der Waals surface area (Å²) in [5.41, 5.74) is 0.360. The van der Waals surface area contributed by atoms with Crippen molar-refractivity contribution in [1.29, 1.82) is 0 Å². The first kappa shape index (κ1) is 17.5. The molecule has 1 aliphatic heterocycles. The van der Waals surface area contributed by atoms with Gasteiger partial charge in [-0.25, -0.2) is 0 Å². The van der Waals surface area contributed by atoms with Gasteiger partial charge in [0.15, 0.2) is 0 Å². The van der Waals surface area contributed by atoms with Crippen molar-refractivity contribution in [2.24, 2.45) is 5.92 Å². The quantitative estimate of drug-likeness (QED) is 0.861. The standard InChI is InChI=1S/C18H26N2O3/c1-18(2,13-21)19-17(23)15-9-6-10-20(12-15)16(22)11-14-7-4-3-5-8-14/h3-5,7-8,15,21H,6,9-13H2,1-2H3,(H,19,23). The number of hydrogen-bond acceptors (Lipinski definition) is 3. The van der Waals surface area contributed by atoms with Gasteiger partial charge in [-0.3, -0.25) is 9.59 Å². The van der Waals surface area contributed by atoms with Crippen LogP contribution in [0.5, 0.6) is 0 Å². The van der Waals surface area contributed by atoms with Gasteiger partial charge in [0.2, 0.25) is 11.8 Å². The first-order chi connectivity index (χ1) is 10.9. The maximum Gasteiger partial charge on any atom is 0.227 e. The van der Waals surface area contributed by atoms with Crippen molar-refractivity contribution in [3.05, 3.63) is 35.9 Å². The largest absolute Gasteiger partial charge is 0.394 e. The molecule has 0 bridgehead atoms. The van der Waals surface area contributed by atoms with Crippen LogP contribution in [0.3, 0.4) is 0 Å². The zero-order valence-corrected chi connectivity index (χ0v) is 13.9. The van der Waals surface area contributed by atoms with E-state index in [0.29, 0.717) is 19.5 Å². The number of nitrogens with zero attached hydrogens (tertiary/aromatic N) is 1. The predicted octanol–water partition coefficient (Wildman–Crippen LogP) is 1.35. The molecule has 1 fully saturated rings. The zero-order chi connectivity index (χ0) is 16.9. The van der Waals surface area contributed by atoms with Gasteiger partial charge < -0.3 is 15.3 Å². The number of amides is 2. The molecular weight excluding hydrogens is 292 g/mol. The van der Waals surface area contributed by atoms with E-state index >= 15 is 0 Å². The van der Waals surface area contributed by atoms with E-state index in [-0.39, 0.29) is 24.3 Å². The molecular formula is C18H26N2O3. The molecule has 23 heavy (non-hydrogen) atoms. The second-order valence-corrected chi connectivity index (χ2v) is 6.87. The average Bonchev–Trinajstić information content (AvgIpc) is 2.55. The number of benzene rings is 1. The Labute approximate surface area is 137 Å². The topological polar surface area (TPSA) is 69.6 Å². The van der Waals surface area contributed by atoms with Crippen LogP contribution < -0.4 is 5.32 Å². The summed E-state index contributed by atoms with van der Waals surface area (Å²) in [6.45, 7) is 4.62. The lowest BCUT2D eigenvalue weighted by molar-refractivity contribution is -0.135. The molecule has 1 atom stereocenters. The number of piperidine rings is 1. The first-order valence-electron chi connectivity index (χ1n) is 8.16. The maximum atomic E-state index is 12.4. The van der Waals surface area contributed by atoms with Gasteiger partial charge in [-0.1, -0.05) is 30.3 Å². The van der Waals surface area contributed by atoms with E-state index < -0.39 is 5.54 Å². The molecule has 0 saturated carbocycles. The Hall–Kier alpha value is -1.88. The molecule has 0 spiro atoms. The third-order valence-electron chi connectivity index (χ3n) is 4.20. The molecule has 126 valence electrons. The van der Waals surface area contributed by atoms with E-state index in [4.69, 9.17) is 0 Å². The minimum Gasteiger partial charge on any atom is -0.394 e. The van der Waals surface area contributed by atoms with Crippen LogP contribution in [-0.2, 0) is 16.0 Å². The Kier molecular flexibility index (Phi) is 5.77. The number of likely N-dealkylation sites (tertiary alicyclic amines) is 1. The van der Waals surface area contributed by atoms with Crippen LogP contribution >= 0.6 is 0 Å². The molecule has 1 aromatic rings. The first-order valence-corrected chi connectivity index (χ1v) is 8.16. The fourth-order valence-electron chi connectivity index (χ4n) is 2.78. The molecule has 5 nitrogen and oxygen atoms in total. The van der Waals surface area contributed by atoms with Crippen LogP contribution in [-0.4, -0.2) is 47.1 Å². The lowest BCUT2D eigenvalue weighted by Gasteiger charge is -2.34. The highest BCUT2D eigenvalue weighted by atomic mass is 16.3. The smallest absolute Gasteiger partial charge is 0.227 e. The van der Waals surface area contributed by atoms with Crippen LogP contribution in [0.1, 0.15) is 32.3 Å². The number of nitrogens with one attached hydrogen (secondary N) is 1. The van der Waals surface area contributed by atoms with Crippen molar-refractivity contribution in [2.45, 2.75) is 38.6 Å². The molecule has 1 aliphatic rings. The second kappa shape index (κ2) is 7.59. The summed E-state index contributed by atoms with van der Waals surface area (Å²) >= 11 is 0. The van der Waals surface area contributed by atoms with E-state index in [0.717, 1.165) is 18.4 Å². The Bertz CT molecular complexity index is 542. The van der Waals surface area contributed by atoms with Crippen molar-refractivity contribution in [3.8, 4) is 0 Å². The molecule has 0 aliphatic carbocycles. The van der Waals surface area contributed by atoms with Crippen molar-refractivity contribution in [2.75, 3.05) is 19.7 Å². The van der Waals surface area contributed by atoms with Crippen molar-refractivity contribution in [3.63, 3.8) is 0 Å². The van der Waals surface area contributed by atoms with E-state index in [2.05, 4.69) is 5.32 Å². The van der Waals surface area contributed by atoms with Crippen molar-refractivity contribution in [1.82, 2.24) is 10.2 Å². The lowest BCUT2D eigenvalue weighted by Crippen LogP contribution is -2.52. The summed E-state index contributed by atoms with van der Waals surface area (Å²) in [6, 6.07) is 9.65. The van der Waals surface area contributed by atoms with E-state index in [1.807, 2.05) is 30.3 Å². The molecule has 1 saturated heterocycles. The monoisotopic (exact) mass is 318 g/mol. The molecule has 2 rings (SSSR count). The van der Waals surface area contributed by atoms with Gasteiger partial charge in [0, 0.05) is 13.1 Å². The SMILES string of the molecule is CC(C)(CO)NC(=O)C1CCCN(C(=O)Cc2ccccc2)C1. The molecule has 0 radical (unpaired) electrons. The number of hydrogen-bond donors (Lipinski definition) is 2. The number of aliphatic hydroxyl groups excluding tert-OH is 1. The van der Waals surface area contributed by atoms with Gasteiger partial charge in [0.1, 0.15) is 0 Å². The van der Waals surface area contributed by atoms with Gasteiger partial charge in [-0.2, -0.15) is 0 Å². The summed E-state index contributed by atoms with van der Waals surface area (Å²) < 4.78 is 0. The van der Waals surface area contributed by atoms with Crippen LogP contribution in [0.2, 0.25) is 0 Å². The fourth-order valence-corrected chi connectivity index (χ4v) is 2.78. The van der Waals surface area contributed by atoms with E-state index in [1.54, 1.807) is 18.7 Å². The fraction of sp³-hybridized carbons (Fsp3) is 0.556. The molecule has 0 aromatic heterocycles. The van der Waals surface area contributed by atoms with E-state index in [9.17, 15) is 14.7 Å². The maximum absolute atomic E-state index is 12.4. The third-order valence-corrected chi connectivity index (χ3v) is 4.20. The number of carbonyl (C=O) groups excluding carboxylic acids is 2. The highest BCUT2D eigenvalue weighted by Crippen LogP contribution is 2.19. The summed E-state index contributed by atoms with van der Waals surface area (Å²) in [5.74, 6) is -0.217. The summed E-state index contributed by atoms with van der Waals surface area (Å²) in [7, 11) is 0. The highest BCUT2D eigenvalue weighted by Gasteiger charge is 2.31. The Morgan fingerprint density at radius 2 is 2.00 bits per heavy atom. The molecule has 1 aromatic carbocycles. The lowest BCUT2D eigenvalue weighted by atomic mass is 9.95. The van der Waals surface area contributed by atoms with Gasteiger partial charge in [0.25, 0.3) is 0 Å². The van der Waals surface area contributed by atoms with Gasteiger partial charge in [0.05, 0.1) is 24.5 Å². The summed E-state index contributed by atoms with van der Waals surface area (Å²) in [4.78, 5) is 26.6. The minimum absolute atomic E-state index is 0.0649. The van der Waals surface area contributed by atoms with Crippen molar-refractivity contribution < 1.29 is 14.7 Å². The minimum atomic E-state index is -0.632. The molecule has 1 heterocycles. The van der Waals surface area contributed by atoms with Gasteiger partial charge in [-0.15, -0.1) is 0 Å². The second-order valence-electron chi connectivity index (χ2n) is 6.87. The van der Waals surface area contributed by atoms with Gasteiger partial charge in [-0.05, 0) is 32.3 Å². The van der Waals surface area contributed by atoms with Crippen LogP contribution in [0.4, 0.5) is 0 Å². The number of rotatable bonds is 5. The summed E-state index contributed by atoms with van der Waals surface area (Å²) in [5, 5.41) is 12.1. The Morgan fingerprint density at radius 1 is 1.30 bits per heavy atom. The molecule has 5 heteroatoms. The Morgan fingerprint density at radius 3 is 2.65 bits per heavy atom. The zero-order valence-electron chi connectivity index (χ0n) is 13.9. The van der Waals surface area contributed by atoms with Gasteiger partial charge >= 0.3 is 0 Å². The number of aliphatic hydroxyl groups is 1. The predicted molar refractivity (Wildman–Crippen MR) is 88.8 cm³/mol. The average molecular weight is 318 g/mol. The van der Waals surface area contributed by atoms with Crippen LogP contribution in [0, 0.1) is 5.92 Å². The highest BCUT2D eigenvalue weighted by molar-refractivity contribution is 5.82. The van der Waals surface area contributed by atoms with Crippen LogP contribution in [0.25, 0.3) is 0 Å². The Balaban J connectivity index is 1.92. The normalized spacial score (nSPS) is 18.6. The van der Waals surface area contributed by atoms with Crippen LogP contribution in [0.15, 0.2) is 30.3 Å². The summed E-state index contributed by atoms with van der Waals surface area (Å²) in [6.07, 6.45) is 1.98. The number of carbonyl (C=O) groups is 2. The molecule has 2 amide bonds. The third kappa shape index (κ3) is 5.06. The van der Waals surface area contributed by atoms with E-state index in [1.165, 1.54) is 0 Å². The van der Waals surface area contributed by atoms with Crippen molar-refractivity contribution >= 4 is 11.8 Å². The molecule has 1 unspecified atom stereocenters.